The lowest BCUT2D eigenvalue weighted by atomic mass is 10.2. The third-order valence-corrected chi connectivity index (χ3v) is 3.99. The first-order valence-electron chi connectivity index (χ1n) is 7.58. The highest BCUT2D eigenvalue weighted by atomic mass is 35.5. The molecule has 0 bridgehead atoms. The molecule has 132 valence electrons. The van der Waals surface area contributed by atoms with Gasteiger partial charge in [0.25, 0.3) is 5.91 Å². The molecule has 3 aromatic rings. The number of amides is 1. The van der Waals surface area contributed by atoms with E-state index in [9.17, 15) is 9.18 Å². The summed E-state index contributed by atoms with van der Waals surface area (Å²) in [5.41, 5.74) is 1.53. The Morgan fingerprint density at radius 3 is 2.46 bits per heavy atom. The molecule has 3 rings (SSSR count). The van der Waals surface area contributed by atoms with Gasteiger partial charge in [0.1, 0.15) is 17.3 Å². The molecule has 8 heteroatoms. The summed E-state index contributed by atoms with van der Waals surface area (Å²) in [4.78, 5) is 20.4. The lowest BCUT2D eigenvalue weighted by Crippen LogP contribution is -2.14. The Morgan fingerprint density at radius 1 is 1.04 bits per heavy atom. The molecule has 0 aliphatic rings. The highest BCUT2D eigenvalue weighted by molar-refractivity contribution is 6.31. The second-order valence-corrected chi connectivity index (χ2v) is 6.19. The van der Waals surface area contributed by atoms with E-state index < -0.39 is 11.7 Å². The van der Waals surface area contributed by atoms with Crippen LogP contribution >= 0.6 is 23.2 Å². The number of anilines is 2. The number of nitrogens with zero attached hydrogens (tertiary/aromatic N) is 2. The van der Waals surface area contributed by atoms with E-state index >= 15 is 0 Å². The van der Waals surface area contributed by atoms with E-state index in [1.807, 2.05) is 12.1 Å². The average molecular weight is 391 g/mol. The van der Waals surface area contributed by atoms with Gasteiger partial charge >= 0.3 is 0 Å². The Bertz CT molecular complexity index is 917. The summed E-state index contributed by atoms with van der Waals surface area (Å²) in [6.45, 7) is 0.547. The van der Waals surface area contributed by atoms with Gasteiger partial charge in [-0.25, -0.2) is 14.4 Å². The van der Waals surface area contributed by atoms with Crippen LogP contribution in [0.4, 0.5) is 15.9 Å². The molecular formula is C18H13Cl2FN4O. The van der Waals surface area contributed by atoms with Crippen LogP contribution in [0.5, 0.6) is 0 Å². The predicted octanol–water partition coefficient (Wildman–Crippen LogP) is 4.79. The lowest BCUT2D eigenvalue weighted by Gasteiger charge is -2.07. The van der Waals surface area contributed by atoms with Crippen molar-refractivity contribution in [3.63, 3.8) is 0 Å². The molecule has 0 radical (unpaired) electrons. The van der Waals surface area contributed by atoms with E-state index in [-0.39, 0.29) is 10.7 Å². The highest BCUT2D eigenvalue weighted by Gasteiger charge is 2.10. The van der Waals surface area contributed by atoms with E-state index in [0.29, 0.717) is 23.1 Å². The van der Waals surface area contributed by atoms with Crippen molar-refractivity contribution in [1.82, 2.24) is 9.97 Å². The molecule has 0 unspecified atom stereocenters. The molecule has 0 saturated carbocycles. The van der Waals surface area contributed by atoms with E-state index in [1.54, 1.807) is 12.1 Å². The van der Waals surface area contributed by atoms with Crippen LogP contribution in [0.1, 0.15) is 16.1 Å². The number of carbonyl (C=O) groups excluding carboxylic acids is 1. The third kappa shape index (κ3) is 4.68. The van der Waals surface area contributed by atoms with E-state index in [2.05, 4.69) is 20.6 Å². The molecular weight excluding hydrogens is 378 g/mol. The normalized spacial score (nSPS) is 10.4. The maximum Gasteiger partial charge on any atom is 0.275 e. The van der Waals surface area contributed by atoms with E-state index in [1.165, 1.54) is 30.6 Å². The van der Waals surface area contributed by atoms with Crippen LogP contribution in [0.3, 0.4) is 0 Å². The van der Waals surface area contributed by atoms with Crippen molar-refractivity contribution in [2.45, 2.75) is 6.54 Å². The first-order valence-corrected chi connectivity index (χ1v) is 8.33. The molecule has 1 heterocycles. The second-order valence-electron chi connectivity index (χ2n) is 5.35. The summed E-state index contributed by atoms with van der Waals surface area (Å²) < 4.78 is 13.1. The van der Waals surface area contributed by atoms with E-state index in [0.717, 1.165) is 5.56 Å². The maximum absolute atomic E-state index is 13.1. The number of halogens is 3. The van der Waals surface area contributed by atoms with Gasteiger partial charge in [0.2, 0.25) is 0 Å². The van der Waals surface area contributed by atoms with Crippen molar-refractivity contribution in [3.8, 4) is 0 Å². The van der Waals surface area contributed by atoms with Gasteiger partial charge in [0.15, 0.2) is 0 Å². The van der Waals surface area contributed by atoms with Crippen LogP contribution < -0.4 is 10.6 Å². The fraction of sp³-hybridized carbons (Fsp3) is 0.0556. The molecule has 0 aliphatic heterocycles. The lowest BCUT2D eigenvalue weighted by molar-refractivity contribution is 0.102. The van der Waals surface area contributed by atoms with E-state index in [4.69, 9.17) is 23.2 Å². The van der Waals surface area contributed by atoms with Crippen LogP contribution in [0.15, 0.2) is 54.9 Å². The van der Waals surface area contributed by atoms with Crippen molar-refractivity contribution in [3.05, 3.63) is 82.0 Å². The number of aromatic nitrogens is 2. The number of hydrogen-bond acceptors (Lipinski definition) is 4. The van der Waals surface area contributed by atoms with Gasteiger partial charge in [0, 0.05) is 17.3 Å². The molecule has 2 N–H and O–H groups in total. The fourth-order valence-corrected chi connectivity index (χ4v) is 2.41. The zero-order valence-electron chi connectivity index (χ0n) is 13.3. The van der Waals surface area contributed by atoms with Gasteiger partial charge in [-0.1, -0.05) is 35.3 Å². The van der Waals surface area contributed by atoms with Gasteiger partial charge in [-0.15, -0.1) is 0 Å². The Hall–Kier alpha value is -2.70. The van der Waals surface area contributed by atoms with Crippen molar-refractivity contribution in [2.24, 2.45) is 0 Å². The Balaban J connectivity index is 1.60. The monoisotopic (exact) mass is 390 g/mol. The quantitative estimate of drug-likeness (QED) is 0.657. The zero-order valence-corrected chi connectivity index (χ0v) is 14.9. The summed E-state index contributed by atoms with van der Waals surface area (Å²) in [6, 6.07) is 11.3. The van der Waals surface area contributed by atoms with Gasteiger partial charge in [0.05, 0.1) is 17.4 Å². The van der Waals surface area contributed by atoms with Crippen LogP contribution in [-0.2, 0) is 6.54 Å². The van der Waals surface area contributed by atoms with Crippen LogP contribution in [0.25, 0.3) is 0 Å². The van der Waals surface area contributed by atoms with Crippen LogP contribution in [0, 0.1) is 5.82 Å². The van der Waals surface area contributed by atoms with Crippen molar-refractivity contribution >= 4 is 40.6 Å². The molecule has 0 spiro atoms. The fourth-order valence-electron chi connectivity index (χ4n) is 2.10. The first-order chi connectivity index (χ1) is 12.5. The van der Waals surface area contributed by atoms with Crippen molar-refractivity contribution < 1.29 is 9.18 Å². The molecule has 26 heavy (non-hydrogen) atoms. The molecule has 1 aromatic heterocycles. The number of hydrogen-bond donors (Lipinski definition) is 2. The summed E-state index contributed by atoms with van der Waals surface area (Å²) in [5, 5.41) is 6.28. The molecule has 0 atom stereocenters. The van der Waals surface area contributed by atoms with Crippen molar-refractivity contribution in [1.29, 1.82) is 0 Å². The Labute approximate surface area is 159 Å². The Kier molecular flexibility index (Phi) is 5.65. The molecule has 2 aromatic carbocycles. The minimum atomic E-state index is -0.555. The second kappa shape index (κ2) is 8.12. The minimum absolute atomic E-state index is 0.0735. The Morgan fingerprint density at radius 2 is 1.81 bits per heavy atom. The average Bonchev–Trinajstić information content (AvgIpc) is 2.65. The van der Waals surface area contributed by atoms with Gasteiger partial charge < -0.3 is 10.6 Å². The number of nitrogens with one attached hydrogen (secondary N) is 2. The molecule has 0 fully saturated rings. The maximum atomic E-state index is 13.1. The number of benzene rings is 2. The van der Waals surface area contributed by atoms with Gasteiger partial charge in [-0.2, -0.15) is 0 Å². The summed E-state index contributed by atoms with van der Waals surface area (Å²) in [5.74, 6) is -0.494. The molecule has 0 saturated heterocycles. The van der Waals surface area contributed by atoms with Crippen LogP contribution in [0.2, 0.25) is 10.0 Å². The smallest absolute Gasteiger partial charge is 0.275 e. The molecule has 1 amide bonds. The zero-order chi connectivity index (χ0) is 18.5. The number of rotatable bonds is 5. The predicted molar refractivity (Wildman–Crippen MR) is 100 cm³/mol. The molecule has 0 aliphatic carbocycles. The molecule has 5 nitrogen and oxygen atoms in total. The number of carbonyl (C=O) groups is 1. The van der Waals surface area contributed by atoms with Gasteiger partial charge in [-0.05, 0) is 35.9 Å². The largest absolute Gasteiger partial charge is 0.365 e. The SMILES string of the molecule is O=C(Nc1ccc(F)c(Cl)c1)c1cnc(NCc2ccc(Cl)cc2)cn1. The van der Waals surface area contributed by atoms with Crippen LogP contribution in [-0.4, -0.2) is 15.9 Å². The topological polar surface area (TPSA) is 66.9 Å². The third-order valence-electron chi connectivity index (χ3n) is 3.45. The van der Waals surface area contributed by atoms with Gasteiger partial charge in [-0.3, -0.25) is 4.79 Å². The standard InChI is InChI=1S/C18H13Cl2FN4O/c19-12-3-1-11(2-4-12)8-23-17-10-22-16(9-24-17)18(26)25-13-5-6-15(21)14(20)7-13/h1-7,9-10H,8H2,(H,23,24)(H,25,26). The highest BCUT2D eigenvalue weighted by Crippen LogP contribution is 2.19. The summed E-state index contributed by atoms with van der Waals surface area (Å²) in [7, 11) is 0. The summed E-state index contributed by atoms with van der Waals surface area (Å²) in [6.07, 6.45) is 2.81. The minimum Gasteiger partial charge on any atom is -0.365 e. The van der Waals surface area contributed by atoms with Crippen molar-refractivity contribution in [2.75, 3.05) is 10.6 Å². The summed E-state index contributed by atoms with van der Waals surface area (Å²) >= 11 is 11.5. The first kappa shape index (κ1) is 18.1.